The molecule has 1 saturated heterocycles. The molecule has 0 spiro atoms. The molecule has 6 N–H and O–H groups in total. The van der Waals surface area contributed by atoms with Crippen LogP contribution in [0.1, 0.15) is 25.3 Å². The van der Waals surface area contributed by atoms with Gasteiger partial charge in [0.1, 0.15) is 18.1 Å². The number of carbonyl (C=O) groups excluding carboxylic acids is 3. The lowest BCUT2D eigenvalue weighted by Crippen LogP contribution is -2.57. The molecule has 4 unspecified atom stereocenters. The van der Waals surface area contributed by atoms with Crippen LogP contribution in [-0.4, -0.2) is 70.2 Å². The molecule has 0 aliphatic carbocycles. The van der Waals surface area contributed by atoms with Gasteiger partial charge in [0.15, 0.2) is 0 Å². The standard InChI is InChI=1S/C22H29N5O5S/c1-12(22(31)32)25-20(29)17(9-13-10-24-15-6-3-2-5-14(13)15)26-21(30)18(11-33)27-19(28)16-7-4-8-23-16/h2-3,5-6,10,12,16-18,23-24,33H,4,7-9,11H2,1H3,(H,25,29)(H,26,30)(H,27,28)(H,31,32). The van der Waals surface area contributed by atoms with E-state index in [1.807, 2.05) is 24.3 Å². The van der Waals surface area contributed by atoms with Crippen molar-refractivity contribution >= 4 is 47.2 Å². The van der Waals surface area contributed by atoms with Crippen LogP contribution >= 0.6 is 12.6 Å². The molecule has 1 aromatic heterocycles. The Morgan fingerprint density at radius 3 is 2.52 bits per heavy atom. The number of carboxylic acid groups (broad SMARTS) is 1. The molecule has 3 rings (SSSR count). The molecule has 1 aliphatic heterocycles. The Hall–Kier alpha value is -3.05. The molecule has 0 saturated carbocycles. The number of carbonyl (C=O) groups is 4. The minimum atomic E-state index is -1.19. The van der Waals surface area contributed by atoms with E-state index in [4.69, 9.17) is 5.11 Å². The third-order valence-electron chi connectivity index (χ3n) is 5.65. The number of rotatable bonds is 10. The highest BCUT2D eigenvalue weighted by Gasteiger charge is 2.30. The number of H-pyrrole nitrogens is 1. The second-order valence-electron chi connectivity index (χ2n) is 8.09. The molecule has 2 heterocycles. The van der Waals surface area contributed by atoms with Crippen molar-refractivity contribution in [2.75, 3.05) is 12.3 Å². The van der Waals surface area contributed by atoms with E-state index in [1.165, 1.54) is 6.92 Å². The van der Waals surface area contributed by atoms with Crippen molar-refractivity contribution in [3.05, 3.63) is 36.0 Å². The number of amides is 3. The fourth-order valence-corrected chi connectivity index (χ4v) is 4.01. The minimum Gasteiger partial charge on any atom is -0.480 e. The van der Waals surface area contributed by atoms with Crippen molar-refractivity contribution in [2.45, 2.75) is 50.4 Å². The van der Waals surface area contributed by atoms with Crippen LogP contribution in [0.15, 0.2) is 30.5 Å². The number of fused-ring (bicyclic) bond motifs is 1. The van der Waals surface area contributed by atoms with E-state index in [-0.39, 0.29) is 24.1 Å². The maximum atomic E-state index is 13.0. The fraction of sp³-hybridized carbons (Fsp3) is 0.455. The molecule has 0 bridgehead atoms. The third-order valence-corrected chi connectivity index (χ3v) is 6.02. The highest BCUT2D eigenvalue weighted by Crippen LogP contribution is 2.19. The smallest absolute Gasteiger partial charge is 0.325 e. The Bertz CT molecular complexity index is 1020. The quantitative estimate of drug-likeness (QED) is 0.239. The lowest BCUT2D eigenvalue weighted by atomic mass is 10.0. The maximum absolute atomic E-state index is 13.0. The van der Waals surface area contributed by atoms with Gasteiger partial charge in [-0.15, -0.1) is 0 Å². The van der Waals surface area contributed by atoms with Gasteiger partial charge >= 0.3 is 5.97 Å². The van der Waals surface area contributed by atoms with E-state index in [1.54, 1.807) is 6.20 Å². The number of hydrogen-bond donors (Lipinski definition) is 7. The highest BCUT2D eigenvalue weighted by molar-refractivity contribution is 7.80. The van der Waals surface area contributed by atoms with Gasteiger partial charge in [-0.2, -0.15) is 12.6 Å². The van der Waals surface area contributed by atoms with Gasteiger partial charge in [-0.1, -0.05) is 18.2 Å². The average Bonchev–Trinajstić information content (AvgIpc) is 3.47. The lowest BCUT2D eigenvalue weighted by molar-refractivity contribution is -0.141. The zero-order valence-corrected chi connectivity index (χ0v) is 19.2. The summed E-state index contributed by atoms with van der Waals surface area (Å²) in [7, 11) is 0. The van der Waals surface area contributed by atoms with Crippen molar-refractivity contribution in [1.29, 1.82) is 0 Å². The maximum Gasteiger partial charge on any atom is 0.325 e. The first kappa shape index (κ1) is 24.6. The van der Waals surface area contributed by atoms with Crippen LogP contribution in [0.25, 0.3) is 10.9 Å². The van der Waals surface area contributed by atoms with E-state index >= 15 is 0 Å². The van der Waals surface area contributed by atoms with Crippen LogP contribution < -0.4 is 21.3 Å². The molecular weight excluding hydrogens is 446 g/mol. The predicted octanol–water partition coefficient (Wildman–Crippen LogP) is -0.0489. The lowest BCUT2D eigenvalue weighted by Gasteiger charge is -2.24. The molecule has 33 heavy (non-hydrogen) atoms. The Labute approximate surface area is 196 Å². The zero-order chi connectivity index (χ0) is 24.0. The average molecular weight is 476 g/mol. The van der Waals surface area contributed by atoms with Crippen LogP contribution in [0.2, 0.25) is 0 Å². The first-order valence-electron chi connectivity index (χ1n) is 10.8. The summed E-state index contributed by atoms with van der Waals surface area (Å²) in [6, 6.07) is 4.04. The van der Waals surface area contributed by atoms with Crippen molar-refractivity contribution in [3.63, 3.8) is 0 Å². The molecule has 1 fully saturated rings. The number of benzene rings is 1. The summed E-state index contributed by atoms with van der Waals surface area (Å²) >= 11 is 4.19. The SMILES string of the molecule is CC(NC(=O)C(Cc1c[nH]c2ccccc12)NC(=O)C(CS)NC(=O)C1CCCN1)C(=O)O. The Kier molecular flexibility index (Phi) is 8.34. The highest BCUT2D eigenvalue weighted by atomic mass is 32.1. The molecule has 1 aliphatic rings. The van der Waals surface area contributed by atoms with Crippen molar-refractivity contribution in [1.82, 2.24) is 26.3 Å². The van der Waals surface area contributed by atoms with Crippen molar-refractivity contribution in [3.8, 4) is 0 Å². The van der Waals surface area contributed by atoms with Crippen LogP contribution in [-0.2, 0) is 25.6 Å². The summed E-state index contributed by atoms with van der Waals surface area (Å²) in [6.45, 7) is 2.08. The number of carboxylic acids is 1. The summed E-state index contributed by atoms with van der Waals surface area (Å²) < 4.78 is 0. The van der Waals surface area contributed by atoms with Gasteiger partial charge in [-0.05, 0) is 37.9 Å². The third kappa shape index (κ3) is 6.26. The van der Waals surface area contributed by atoms with Gasteiger partial charge < -0.3 is 31.4 Å². The van der Waals surface area contributed by atoms with E-state index in [0.29, 0.717) is 6.42 Å². The van der Waals surface area contributed by atoms with Gasteiger partial charge in [0.2, 0.25) is 17.7 Å². The van der Waals surface area contributed by atoms with Crippen molar-refractivity contribution in [2.24, 2.45) is 0 Å². The van der Waals surface area contributed by atoms with Gasteiger partial charge in [0.25, 0.3) is 0 Å². The first-order chi connectivity index (χ1) is 15.8. The molecule has 11 heteroatoms. The number of para-hydroxylation sites is 1. The molecule has 4 atom stereocenters. The van der Waals surface area contributed by atoms with Crippen LogP contribution in [0, 0.1) is 0 Å². The van der Waals surface area contributed by atoms with Gasteiger partial charge in [0, 0.05) is 29.3 Å². The Morgan fingerprint density at radius 1 is 1.12 bits per heavy atom. The molecule has 3 amide bonds. The number of aromatic nitrogens is 1. The van der Waals surface area contributed by atoms with Gasteiger partial charge in [-0.3, -0.25) is 19.2 Å². The second kappa shape index (κ2) is 11.2. The monoisotopic (exact) mass is 475 g/mol. The number of aromatic amines is 1. The first-order valence-corrected chi connectivity index (χ1v) is 11.5. The molecule has 10 nitrogen and oxygen atoms in total. The summed E-state index contributed by atoms with van der Waals surface area (Å²) in [5.41, 5.74) is 1.66. The number of hydrogen-bond acceptors (Lipinski definition) is 6. The van der Waals surface area contributed by atoms with E-state index < -0.39 is 35.9 Å². The van der Waals surface area contributed by atoms with E-state index in [9.17, 15) is 19.2 Å². The van der Waals surface area contributed by atoms with Gasteiger partial charge in [0.05, 0.1) is 6.04 Å². The summed E-state index contributed by atoms with van der Waals surface area (Å²) in [5.74, 6) is -2.65. The van der Waals surface area contributed by atoms with Crippen molar-refractivity contribution < 1.29 is 24.3 Å². The molecular formula is C22H29N5O5S. The van der Waals surface area contributed by atoms with E-state index in [2.05, 4.69) is 38.9 Å². The van der Waals surface area contributed by atoms with Gasteiger partial charge in [-0.25, -0.2) is 0 Å². The fourth-order valence-electron chi connectivity index (χ4n) is 3.75. The molecule has 1 aromatic carbocycles. The summed E-state index contributed by atoms with van der Waals surface area (Å²) in [6.07, 6.45) is 3.45. The second-order valence-corrected chi connectivity index (χ2v) is 8.45. The van der Waals surface area contributed by atoms with E-state index in [0.717, 1.165) is 29.4 Å². The zero-order valence-electron chi connectivity index (χ0n) is 18.3. The van der Waals surface area contributed by atoms with Crippen LogP contribution in [0.3, 0.4) is 0 Å². The minimum absolute atomic E-state index is 0.0389. The van der Waals surface area contributed by atoms with Crippen LogP contribution in [0.5, 0.6) is 0 Å². The number of thiol groups is 1. The summed E-state index contributed by atoms with van der Waals surface area (Å²) in [4.78, 5) is 52.6. The summed E-state index contributed by atoms with van der Waals surface area (Å²) in [5, 5.41) is 20.9. The largest absolute Gasteiger partial charge is 0.480 e. The Balaban J connectivity index is 1.75. The Morgan fingerprint density at radius 2 is 1.85 bits per heavy atom. The predicted molar refractivity (Wildman–Crippen MR) is 126 cm³/mol. The topological polar surface area (TPSA) is 152 Å². The molecule has 178 valence electrons. The number of nitrogens with one attached hydrogen (secondary N) is 5. The molecule has 2 aromatic rings. The molecule has 0 radical (unpaired) electrons. The normalized spacial score (nSPS) is 18.3. The number of aliphatic carboxylic acids is 1. The van der Waals surface area contributed by atoms with Crippen LogP contribution in [0.4, 0.5) is 0 Å².